The van der Waals surface area contributed by atoms with Crippen LogP contribution in [0.5, 0.6) is 0 Å². The summed E-state index contributed by atoms with van der Waals surface area (Å²) < 4.78 is 19.5. The van der Waals surface area contributed by atoms with Crippen molar-refractivity contribution >= 4 is 41.2 Å². The first kappa shape index (κ1) is 20.2. The molecule has 146 valence electrons. The lowest BCUT2D eigenvalue weighted by atomic mass is 9.77. The van der Waals surface area contributed by atoms with Crippen molar-refractivity contribution in [3.63, 3.8) is 0 Å². The van der Waals surface area contributed by atoms with Gasteiger partial charge in [-0.2, -0.15) is 0 Å². The number of hydrogen-bond donors (Lipinski definition) is 0. The summed E-state index contributed by atoms with van der Waals surface area (Å²) in [7, 11) is -0.625. The summed E-state index contributed by atoms with van der Waals surface area (Å²) in [6, 6.07) is 1.73. The van der Waals surface area contributed by atoms with Gasteiger partial charge in [-0.25, -0.2) is 14.3 Å². The highest BCUT2D eigenvalue weighted by atomic mass is 35.5. The van der Waals surface area contributed by atoms with Crippen LogP contribution in [0.25, 0.3) is 10.9 Å². The summed E-state index contributed by atoms with van der Waals surface area (Å²) in [6.07, 6.45) is 1.10. The van der Waals surface area contributed by atoms with Crippen LogP contribution >= 0.6 is 11.6 Å². The largest absolute Gasteiger partial charge is 0.497 e. The molecule has 8 heteroatoms. The Morgan fingerprint density at radius 2 is 1.78 bits per heavy atom. The van der Waals surface area contributed by atoms with Gasteiger partial charge in [0, 0.05) is 16.5 Å². The second kappa shape index (κ2) is 6.22. The van der Waals surface area contributed by atoms with Crippen molar-refractivity contribution in [1.29, 1.82) is 0 Å². The predicted octanol–water partition coefficient (Wildman–Crippen LogP) is 4.08. The minimum Gasteiger partial charge on any atom is -0.443 e. The van der Waals surface area contributed by atoms with Crippen molar-refractivity contribution in [2.75, 3.05) is 0 Å². The summed E-state index contributed by atoms with van der Waals surface area (Å²) in [5.41, 5.74) is 0.434. The topological polar surface area (TPSA) is 62.6 Å². The van der Waals surface area contributed by atoms with Gasteiger partial charge in [-0.1, -0.05) is 11.6 Å². The number of hydrogen-bond acceptors (Lipinski definition) is 5. The summed E-state index contributed by atoms with van der Waals surface area (Å²) in [6.45, 7) is 15.3. The number of carbonyl (C=O) groups is 1. The van der Waals surface area contributed by atoms with Gasteiger partial charge in [0.25, 0.3) is 0 Å². The molecule has 3 rings (SSSR count). The third-order valence-electron chi connectivity index (χ3n) is 5.17. The Hall–Kier alpha value is -1.57. The minimum absolute atomic E-state index is 0.335. The summed E-state index contributed by atoms with van der Waals surface area (Å²) in [4.78, 5) is 17.0. The molecule has 1 fully saturated rings. The monoisotopic (exact) mass is 392 g/mol. The normalized spacial score (nSPS) is 18.9. The molecule has 0 bridgehead atoms. The Bertz CT molecular complexity index is 899. The minimum atomic E-state index is -0.625. The fourth-order valence-corrected chi connectivity index (χ4v) is 3.27. The Labute approximate surface area is 165 Å². The van der Waals surface area contributed by atoms with E-state index < -0.39 is 30.0 Å². The van der Waals surface area contributed by atoms with E-state index in [4.69, 9.17) is 25.6 Å². The number of halogens is 1. The number of aromatic nitrogens is 2. The Kier molecular flexibility index (Phi) is 4.65. The number of ether oxygens (including phenoxy) is 1. The highest BCUT2D eigenvalue weighted by molar-refractivity contribution is 6.66. The van der Waals surface area contributed by atoms with Gasteiger partial charge in [-0.15, -0.1) is 0 Å². The van der Waals surface area contributed by atoms with Gasteiger partial charge in [-0.05, 0) is 61.5 Å². The molecular weight excluding hydrogens is 366 g/mol. The van der Waals surface area contributed by atoms with Crippen LogP contribution < -0.4 is 5.46 Å². The van der Waals surface area contributed by atoms with Gasteiger partial charge < -0.3 is 14.0 Å². The van der Waals surface area contributed by atoms with Crippen LogP contribution in [0.15, 0.2) is 12.3 Å². The Morgan fingerprint density at radius 3 is 2.30 bits per heavy atom. The Balaban J connectivity index is 2.18. The fourth-order valence-electron chi connectivity index (χ4n) is 3.11. The molecule has 1 aliphatic rings. The lowest BCUT2D eigenvalue weighted by Gasteiger charge is -2.32. The maximum atomic E-state index is 12.9. The SMILES string of the molecule is Cc1c(B2OC(C)(C)C(C)(C)O2)c2cc(Cl)ncc2n1C(=O)OC(C)(C)C. The summed E-state index contributed by atoms with van der Waals surface area (Å²) >= 11 is 6.14. The average molecular weight is 393 g/mol. The second-order valence-corrected chi connectivity index (χ2v) is 9.31. The van der Waals surface area contributed by atoms with Crippen LogP contribution in [0.1, 0.15) is 54.2 Å². The van der Waals surface area contributed by atoms with E-state index in [1.54, 1.807) is 12.3 Å². The quantitative estimate of drug-likeness (QED) is 0.540. The van der Waals surface area contributed by atoms with Crippen molar-refractivity contribution in [2.45, 2.75) is 72.2 Å². The third-order valence-corrected chi connectivity index (χ3v) is 5.38. The maximum absolute atomic E-state index is 12.9. The van der Waals surface area contributed by atoms with Crippen LogP contribution in [0.3, 0.4) is 0 Å². The summed E-state index contributed by atoms with van der Waals surface area (Å²) in [5.74, 6) is 0. The molecule has 0 N–H and O–H groups in total. The number of carbonyl (C=O) groups excluding carboxylic acids is 1. The lowest BCUT2D eigenvalue weighted by molar-refractivity contribution is 0.00578. The molecule has 3 heterocycles. The van der Waals surface area contributed by atoms with E-state index in [9.17, 15) is 4.79 Å². The van der Waals surface area contributed by atoms with Crippen molar-refractivity contribution in [3.8, 4) is 0 Å². The molecule has 0 radical (unpaired) electrons. The first-order valence-corrected chi connectivity index (χ1v) is 9.37. The van der Waals surface area contributed by atoms with E-state index in [0.717, 1.165) is 10.8 Å². The number of nitrogens with zero attached hydrogens (tertiary/aromatic N) is 2. The van der Waals surface area contributed by atoms with Gasteiger partial charge in [0.05, 0.1) is 22.9 Å². The average Bonchev–Trinajstić information content (AvgIpc) is 2.86. The lowest BCUT2D eigenvalue weighted by Crippen LogP contribution is -2.41. The molecule has 0 saturated carbocycles. The van der Waals surface area contributed by atoms with Gasteiger partial charge in [-0.3, -0.25) is 0 Å². The van der Waals surface area contributed by atoms with Gasteiger partial charge in [0.1, 0.15) is 10.8 Å². The zero-order chi connectivity index (χ0) is 20.4. The molecule has 0 spiro atoms. The van der Waals surface area contributed by atoms with Crippen molar-refractivity contribution < 1.29 is 18.8 Å². The summed E-state index contributed by atoms with van der Waals surface area (Å²) in [5, 5.41) is 1.10. The molecule has 0 amide bonds. The van der Waals surface area contributed by atoms with E-state index in [0.29, 0.717) is 16.4 Å². The van der Waals surface area contributed by atoms with Crippen LogP contribution in [0.4, 0.5) is 4.79 Å². The van der Waals surface area contributed by atoms with E-state index in [2.05, 4.69) is 4.98 Å². The van der Waals surface area contributed by atoms with Crippen LogP contribution in [-0.4, -0.2) is 39.6 Å². The fraction of sp³-hybridized carbons (Fsp3) is 0.579. The van der Waals surface area contributed by atoms with E-state index in [-0.39, 0.29) is 0 Å². The maximum Gasteiger partial charge on any atom is 0.497 e. The van der Waals surface area contributed by atoms with E-state index >= 15 is 0 Å². The molecule has 6 nitrogen and oxygen atoms in total. The molecule has 2 aromatic heterocycles. The first-order valence-electron chi connectivity index (χ1n) is 8.99. The second-order valence-electron chi connectivity index (χ2n) is 8.93. The molecule has 1 aliphatic heterocycles. The van der Waals surface area contributed by atoms with Gasteiger partial charge in [0.15, 0.2) is 0 Å². The number of rotatable bonds is 1. The van der Waals surface area contributed by atoms with Crippen molar-refractivity contribution in [1.82, 2.24) is 9.55 Å². The highest BCUT2D eigenvalue weighted by Crippen LogP contribution is 2.37. The molecule has 0 aliphatic carbocycles. The molecular formula is C19H26BClN2O4. The smallest absolute Gasteiger partial charge is 0.443 e. The van der Waals surface area contributed by atoms with Crippen LogP contribution in [0, 0.1) is 6.92 Å². The van der Waals surface area contributed by atoms with E-state index in [1.165, 1.54) is 4.57 Å². The van der Waals surface area contributed by atoms with Crippen molar-refractivity contribution in [3.05, 3.63) is 23.1 Å². The number of fused-ring (bicyclic) bond motifs is 1. The Morgan fingerprint density at radius 1 is 1.22 bits per heavy atom. The van der Waals surface area contributed by atoms with Crippen molar-refractivity contribution in [2.24, 2.45) is 0 Å². The van der Waals surface area contributed by atoms with Crippen LogP contribution in [-0.2, 0) is 14.0 Å². The van der Waals surface area contributed by atoms with Crippen LogP contribution in [0.2, 0.25) is 5.15 Å². The van der Waals surface area contributed by atoms with Gasteiger partial charge in [0.2, 0.25) is 0 Å². The zero-order valence-electron chi connectivity index (χ0n) is 17.1. The molecule has 1 saturated heterocycles. The predicted molar refractivity (Wildman–Crippen MR) is 107 cm³/mol. The zero-order valence-corrected chi connectivity index (χ0v) is 17.9. The molecule has 2 aromatic rings. The third kappa shape index (κ3) is 3.48. The molecule has 0 aromatic carbocycles. The standard InChI is InChI=1S/C19H26BClN2O4/c1-11-15(20-26-18(5,6)19(7,8)27-20)12-9-14(21)22-10-13(12)23(11)16(24)25-17(2,3)4/h9-10H,1-8H3. The first-order chi connectivity index (χ1) is 12.2. The molecule has 0 atom stereocenters. The van der Waals surface area contributed by atoms with E-state index in [1.807, 2.05) is 55.4 Å². The van der Waals surface area contributed by atoms with Gasteiger partial charge >= 0.3 is 13.2 Å². The highest BCUT2D eigenvalue weighted by Gasteiger charge is 2.53. The number of pyridine rings is 1. The molecule has 27 heavy (non-hydrogen) atoms. The molecule has 0 unspecified atom stereocenters.